The van der Waals surface area contributed by atoms with Crippen LogP contribution in [-0.2, 0) is 6.54 Å². The number of amides is 2. The fourth-order valence-electron chi connectivity index (χ4n) is 4.53. The molecule has 1 heterocycles. The van der Waals surface area contributed by atoms with E-state index < -0.39 is 0 Å². The van der Waals surface area contributed by atoms with Gasteiger partial charge in [-0.2, -0.15) is 0 Å². The summed E-state index contributed by atoms with van der Waals surface area (Å²) in [5.41, 5.74) is 3.39. The van der Waals surface area contributed by atoms with Gasteiger partial charge in [-0.3, -0.25) is 9.59 Å². The number of carbonyl (C=O) groups is 2. The third-order valence-corrected chi connectivity index (χ3v) is 6.41. The van der Waals surface area contributed by atoms with Crippen LogP contribution in [0.5, 0.6) is 11.5 Å². The normalized spacial score (nSPS) is 15.4. The summed E-state index contributed by atoms with van der Waals surface area (Å²) in [5.74, 6) is 1.67. The molecule has 0 aliphatic carbocycles. The first-order valence-electron chi connectivity index (χ1n) is 12.5. The van der Waals surface area contributed by atoms with E-state index in [0.717, 1.165) is 42.0 Å². The lowest BCUT2D eigenvalue weighted by Gasteiger charge is -2.33. The number of rotatable bonds is 8. The van der Waals surface area contributed by atoms with E-state index in [1.807, 2.05) is 73.3 Å². The predicted octanol–water partition coefficient (Wildman–Crippen LogP) is 5.43. The number of methoxy groups -OCH3 is 1. The highest BCUT2D eigenvalue weighted by molar-refractivity contribution is 5.95. The molecule has 1 fully saturated rings. The summed E-state index contributed by atoms with van der Waals surface area (Å²) in [6.45, 7) is 5.81. The topological polar surface area (TPSA) is 67.9 Å². The van der Waals surface area contributed by atoms with Gasteiger partial charge in [0, 0.05) is 36.7 Å². The Bertz CT molecular complexity index is 1170. The van der Waals surface area contributed by atoms with Gasteiger partial charge in [0.05, 0.1) is 13.2 Å². The first-order valence-corrected chi connectivity index (χ1v) is 12.5. The van der Waals surface area contributed by atoms with Crippen molar-refractivity contribution in [3.63, 3.8) is 0 Å². The summed E-state index contributed by atoms with van der Waals surface area (Å²) in [4.78, 5) is 27.8. The van der Waals surface area contributed by atoms with E-state index in [2.05, 4.69) is 11.4 Å². The van der Waals surface area contributed by atoms with Crippen molar-refractivity contribution in [2.24, 2.45) is 0 Å². The number of nitrogens with zero attached hydrogens (tertiary/aromatic N) is 1. The monoisotopic (exact) mass is 486 g/mol. The molecule has 3 aromatic rings. The second kappa shape index (κ2) is 11.8. The van der Waals surface area contributed by atoms with Gasteiger partial charge in [-0.25, -0.2) is 0 Å². The number of hydrogen-bond acceptors (Lipinski definition) is 4. The quantitative estimate of drug-likeness (QED) is 0.461. The molecule has 36 heavy (non-hydrogen) atoms. The third kappa shape index (κ3) is 6.45. The van der Waals surface area contributed by atoms with Crippen molar-refractivity contribution in [1.29, 1.82) is 0 Å². The zero-order valence-electron chi connectivity index (χ0n) is 21.2. The Hall–Kier alpha value is -3.80. The maximum absolute atomic E-state index is 13.1. The molecule has 1 aliphatic heterocycles. The Morgan fingerprint density at radius 2 is 1.69 bits per heavy atom. The fourth-order valence-corrected chi connectivity index (χ4v) is 4.53. The van der Waals surface area contributed by atoms with Crippen molar-refractivity contribution >= 4 is 11.8 Å². The molecule has 1 unspecified atom stereocenters. The van der Waals surface area contributed by atoms with Gasteiger partial charge in [0.1, 0.15) is 11.5 Å². The number of hydrogen-bond donors (Lipinski definition) is 1. The average molecular weight is 487 g/mol. The van der Waals surface area contributed by atoms with E-state index in [1.165, 1.54) is 0 Å². The van der Waals surface area contributed by atoms with Crippen LogP contribution in [0.1, 0.15) is 64.4 Å². The van der Waals surface area contributed by atoms with Crippen LogP contribution in [0.4, 0.5) is 0 Å². The Morgan fingerprint density at radius 3 is 2.39 bits per heavy atom. The number of benzene rings is 3. The van der Waals surface area contributed by atoms with Crippen LogP contribution in [0.25, 0.3) is 0 Å². The minimum atomic E-state index is -0.110. The van der Waals surface area contributed by atoms with Crippen LogP contribution in [0.15, 0.2) is 72.8 Å². The number of nitrogens with one attached hydrogen (secondary N) is 1. The number of carbonyl (C=O) groups excluding carboxylic acids is 2. The van der Waals surface area contributed by atoms with Crippen LogP contribution in [0.2, 0.25) is 0 Å². The van der Waals surface area contributed by atoms with E-state index >= 15 is 0 Å². The van der Waals surface area contributed by atoms with Crippen molar-refractivity contribution < 1.29 is 19.1 Å². The minimum absolute atomic E-state index is 0.0288. The first kappa shape index (κ1) is 25.3. The molecule has 1 N–H and O–H groups in total. The molecule has 188 valence electrons. The molecule has 1 atom stereocenters. The third-order valence-electron chi connectivity index (χ3n) is 6.41. The molecule has 6 nitrogen and oxygen atoms in total. The molecular weight excluding hydrogens is 452 g/mol. The summed E-state index contributed by atoms with van der Waals surface area (Å²) in [6.07, 6.45) is 2.04. The standard InChI is InChI=1S/C30H34N2O4/c1-21(2)36-28-13-9-22(10-14-28)19-31-29(33)25-7-4-6-24(18-25)26-8-5-17-32(20-26)30(34)23-11-15-27(35-3)16-12-23/h4,6-7,9-16,18,21,26H,5,8,17,19-20H2,1-3H3,(H,31,33). The molecule has 2 amide bonds. The van der Waals surface area contributed by atoms with E-state index in [1.54, 1.807) is 19.2 Å². The van der Waals surface area contributed by atoms with Gasteiger partial charge >= 0.3 is 0 Å². The highest BCUT2D eigenvalue weighted by Crippen LogP contribution is 2.28. The second-order valence-corrected chi connectivity index (χ2v) is 9.44. The van der Waals surface area contributed by atoms with Gasteiger partial charge in [0.2, 0.25) is 0 Å². The number of piperidine rings is 1. The average Bonchev–Trinajstić information content (AvgIpc) is 2.92. The lowest BCUT2D eigenvalue weighted by molar-refractivity contribution is 0.0706. The van der Waals surface area contributed by atoms with Gasteiger partial charge in [-0.1, -0.05) is 24.3 Å². The SMILES string of the molecule is COc1ccc(C(=O)N2CCCC(c3cccc(C(=O)NCc4ccc(OC(C)C)cc4)c3)C2)cc1. The van der Waals surface area contributed by atoms with Gasteiger partial charge < -0.3 is 19.7 Å². The lowest BCUT2D eigenvalue weighted by atomic mass is 9.89. The van der Waals surface area contributed by atoms with E-state index in [4.69, 9.17) is 9.47 Å². The van der Waals surface area contributed by atoms with Gasteiger partial charge in [-0.15, -0.1) is 0 Å². The summed E-state index contributed by atoms with van der Waals surface area (Å²) in [7, 11) is 1.61. The molecule has 1 saturated heterocycles. The lowest BCUT2D eigenvalue weighted by Crippen LogP contribution is -2.39. The number of likely N-dealkylation sites (tertiary alicyclic amines) is 1. The fraction of sp³-hybridized carbons (Fsp3) is 0.333. The maximum atomic E-state index is 13.1. The molecule has 4 rings (SSSR count). The Morgan fingerprint density at radius 1 is 0.972 bits per heavy atom. The zero-order valence-corrected chi connectivity index (χ0v) is 21.2. The highest BCUT2D eigenvalue weighted by atomic mass is 16.5. The molecule has 6 heteroatoms. The molecular formula is C30H34N2O4. The molecule has 0 radical (unpaired) electrons. The smallest absolute Gasteiger partial charge is 0.253 e. The maximum Gasteiger partial charge on any atom is 0.253 e. The second-order valence-electron chi connectivity index (χ2n) is 9.44. The number of ether oxygens (including phenoxy) is 2. The van der Waals surface area contributed by atoms with E-state index in [9.17, 15) is 9.59 Å². The summed E-state index contributed by atoms with van der Waals surface area (Å²) in [6, 6.07) is 22.8. The van der Waals surface area contributed by atoms with Gasteiger partial charge in [0.25, 0.3) is 11.8 Å². The van der Waals surface area contributed by atoms with Crippen molar-refractivity contribution in [2.75, 3.05) is 20.2 Å². The van der Waals surface area contributed by atoms with Crippen LogP contribution >= 0.6 is 0 Å². The molecule has 0 aromatic heterocycles. The first-order chi connectivity index (χ1) is 17.4. The van der Waals surface area contributed by atoms with E-state index in [-0.39, 0.29) is 23.8 Å². The summed E-state index contributed by atoms with van der Waals surface area (Å²) in [5, 5.41) is 3.01. The minimum Gasteiger partial charge on any atom is -0.497 e. The van der Waals surface area contributed by atoms with Gasteiger partial charge in [-0.05, 0) is 86.3 Å². The Balaban J connectivity index is 1.37. The molecule has 0 saturated carbocycles. The van der Waals surface area contributed by atoms with Crippen LogP contribution in [0.3, 0.4) is 0 Å². The van der Waals surface area contributed by atoms with E-state index in [0.29, 0.717) is 24.2 Å². The van der Waals surface area contributed by atoms with Crippen LogP contribution < -0.4 is 14.8 Å². The largest absolute Gasteiger partial charge is 0.497 e. The molecule has 1 aliphatic rings. The Labute approximate surface area is 213 Å². The van der Waals surface area contributed by atoms with Crippen molar-refractivity contribution in [3.8, 4) is 11.5 Å². The molecule has 3 aromatic carbocycles. The highest BCUT2D eigenvalue weighted by Gasteiger charge is 2.26. The van der Waals surface area contributed by atoms with Crippen molar-refractivity contribution in [1.82, 2.24) is 10.2 Å². The van der Waals surface area contributed by atoms with Crippen LogP contribution in [0, 0.1) is 0 Å². The summed E-state index contributed by atoms with van der Waals surface area (Å²) >= 11 is 0. The van der Waals surface area contributed by atoms with Crippen molar-refractivity contribution in [2.45, 2.75) is 45.3 Å². The summed E-state index contributed by atoms with van der Waals surface area (Å²) < 4.78 is 10.9. The molecule has 0 spiro atoms. The molecule has 0 bridgehead atoms. The zero-order chi connectivity index (χ0) is 25.5. The van der Waals surface area contributed by atoms with Crippen molar-refractivity contribution in [3.05, 3.63) is 95.1 Å². The Kier molecular flexibility index (Phi) is 8.26. The van der Waals surface area contributed by atoms with Gasteiger partial charge in [0.15, 0.2) is 0 Å². The van der Waals surface area contributed by atoms with Crippen LogP contribution in [-0.4, -0.2) is 43.0 Å². The predicted molar refractivity (Wildman–Crippen MR) is 141 cm³/mol.